The SMILES string of the molecule is C[C@@H](Oc1ccc(Cl)cc1)C(=O)N1CCN(C(=O)c2ccco2)CC1. The summed E-state index contributed by atoms with van der Waals surface area (Å²) in [6, 6.07) is 10.2. The molecule has 0 saturated carbocycles. The number of amides is 2. The second kappa shape index (κ2) is 7.61. The van der Waals surface area contributed by atoms with Gasteiger partial charge in [0.15, 0.2) is 11.9 Å². The lowest BCUT2D eigenvalue weighted by atomic mass is 10.2. The van der Waals surface area contributed by atoms with Crippen LogP contribution in [0.3, 0.4) is 0 Å². The molecule has 2 heterocycles. The normalized spacial score (nSPS) is 15.8. The van der Waals surface area contributed by atoms with E-state index in [9.17, 15) is 9.59 Å². The zero-order chi connectivity index (χ0) is 17.8. The molecule has 0 bridgehead atoms. The molecule has 1 aliphatic rings. The number of nitrogens with zero attached hydrogens (tertiary/aromatic N) is 2. The van der Waals surface area contributed by atoms with Gasteiger partial charge in [0, 0.05) is 31.2 Å². The predicted molar refractivity (Wildman–Crippen MR) is 92.7 cm³/mol. The van der Waals surface area contributed by atoms with Crippen LogP contribution in [0.4, 0.5) is 0 Å². The zero-order valence-corrected chi connectivity index (χ0v) is 14.6. The van der Waals surface area contributed by atoms with E-state index in [2.05, 4.69) is 0 Å². The number of ether oxygens (including phenoxy) is 1. The molecule has 2 amide bonds. The molecule has 1 aromatic carbocycles. The van der Waals surface area contributed by atoms with Gasteiger partial charge in [-0.25, -0.2) is 0 Å². The Morgan fingerprint density at radius 1 is 1.08 bits per heavy atom. The van der Waals surface area contributed by atoms with Gasteiger partial charge in [-0.2, -0.15) is 0 Å². The molecule has 1 fully saturated rings. The van der Waals surface area contributed by atoms with E-state index in [4.69, 9.17) is 20.8 Å². The number of furan rings is 1. The average Bonchev–Trinajstić information content (AvgIpc) is 3.17. The van der Waals surface area contributed by atoms with Gasteiger partial charge in [0.05, 0.1) is 6.26 Å². The Balaban J connectivity index is 1.52. The highest BCUT2D eigenvalue weighted by Crippen LogP contribution is 2.18. The first-order valence-corrected chi connectivity index (χ1v) is 8.46. The minimum absolute atomic E-state index is 0.0972. The second-order valence-electron chi connectivity index (χ2n) is 5.81. The van der Waals surface area contributed by atoms with Crippen LogP contribution in [0.1, 0.15) is 17.5 Å². The van der Waals surface area contributed by atoms with Crippen LogP contribution in [0.5, 0.6) is 5.75 Å². The molecule has 1 saturated heterocycles. The molecule has 1 aromatic heterocycles. The summed E-state index contributed by atoms with van der Waals surface area (Å²) in [4.78, 5) is 28.2. The van der Waals surface area contributed by atoms with Crippen molar-refractivity contribution in [2.45, 2.75) is 13.0 Å². The van der Waals surface area contributed by atoms with E-state index in [0.717, 1.165) is 0 Å². The van der Waals surface area contributed by atoms with Gasteiger partial charge in [-0.15, -0.1) is 0 Å². The fraction of sp³-hybridized carbons (Fsp3) is 0.333. The van der Waals surface area contributed by atoms with Crippen molar-refractivity contribution in [1.82, 2.24) is 9.80 Å². The lowest BCUT2D eigenvalue weighted by Crippen LogP contribution is -2.53. The van der Waals surface area contributed by atoms with Gasteiger partial charge in [0.2, 0.25) is 0 Å². The molecule has 0 N–H and O–H groups in total. The van der Waals surface area contributed by atoms with E-state index in [1.54, 1.807) is 53.1 Å². The molecule has 25 heavy (non-hydrogen) atoms. The van der Waals surface area contributed by atoms with E-state index in [-0.39, 0.29) is 11.8 Å². The highest BCUT2D eigenvalue weighted by molar-refractivity contribution is 6.30. The lowest BCUT2D eigenvalue weighted by molar-refractivity contribution is -0.139. The molecule has 0 spiro atoms. The van der Waals surface area contributed by atoms with Crippen molar-refractivity contribution < 1.29 is 18.7 Å². The molecule has 132 valence electrons. The molecule has 1 aliphatic heterocycles. The Labute approximate surface area is 150 Å². The maximum Gasteiger partial charge on any atom is 0.289 e. The topological polar surface area (TPSA) is 63.0 Å². The van der Waals surface area contributed by atoms with Gasteiger partial charge in [0.1, 0.15) is 5.75 Å². The standard InChI is InChI=1S/C18H19ClN2O4/c1-13(25-15-6-4-14(19)5-7-15)17(22)20-8-10-21(11-9-20)18(23)16-3-2-12-24-16/h2-7,12-13H,8-11H2,1H3/t13-/m1/s1. The van der Waals surface area contributed by atoms with Crippen molar-refractivity contribution in [3.8, 4) is 5.75 Å². The van der Waals surface area contributed by atoms with Crippen LogP contribution in [0.2, 0.25) is 5.02 Å². The Hall–Kier alpha value is -2.47. The first-order chi connectivity index (χ1) is 12.0. The molecule has 0 radical (unpaired) electrons. The first-order valence-electron chi connectivity index (χ1n) is 8.08. The lowest BCUT2D eigenvalue weighted by Gasteiger charge is -2.35. The summed E-state index contributed by atoms with van der Waals surface area (Å²) in [5, 5.41) is 0.615. The van der Waals surface area contributed by atoms with Gasteiger partial charge in [0.25, 0.3) is 11.8 Å². The van der Waals surface area contributed by atoms with Crippen molar-refractivity contribution in [2.24, 2.45) is 0 Å². The van der Waals surface area contributed by atoms with Gasteiger partial charge in [-0.05, 0) is 43.3 Å². The first kappa shape index (κ1) is 17.4. The van der Waals surface area contributed by atoms with Crippen molar-refractivity contribution in [3.05, 3.63) is 53.4 Å². The largest absolute Gasteiger partial charge is 0.481 e. The number of carbonyl (C=O) groups is 2. The summed E-state index contributed by atoms with van der Waals surface area (Å²) in [6.07, 6.45) is 0.872. The monoisotopic (exact) mass is 362 g/mol. The number of piperazine rings is 1. The van der Waals surface area contributed by atoms with E-state index in [1.165, 1.54) is 6.26 Å². The number of benzene rings is 1. The third-order valence-corrected chi connectivity index (χ3v) is 4.34. The predicted octanol–water partition coefficient (Wildman–Crippen LogP) is 2.68. The van der Waals surface area contributed by atoms with Gasteiger partial charge in [-0.3, -0.25) is 9.59 Å². The van der Waals surface area contributed by atoms with Gasteiger partial charge < -0.3 is 19.0 Å². The van der Waals surface area contributed by atoms with Crippen LogP contribution in [0, 0.1) is 0 Å². The van der Waals surface area contributed by atoms with Crippen LogP contribution in [-0.2, 0) is 4.79 Å². The van der Waals surface area contributed by atoms with Crippen LogP contribution < -0.4 is 4.74 Å². The number of rotatable bonds is 4. The molecule has 0 aliphatic carbocycles. The number of carbonyl (C=O) groups excluding carboxylic acids is 2. The Kier molecular flexibility index (Phi) is 5.28. The van der Waals surface area contributed by atoms with Gasteiger partial charge in [-0.1, -0.05) is 11.6 Å². The van der Waals surface area contributed by atoms with E-state index in [1.807, 2.05) is 0 Å². The summed E-state index contributed by atoms with van der Waals surface area (Å²) in [7, 11) is 0. The van der Waals surface area contributed by atoms with Crippen LogP contribution in [0.15, 0.2) is 47.1 Å². The van der Waals surface area contributed by atoms with Crippen LogP contribution >= 0.6 is 11.6 Å². The minimum Gasteiger partial charge on any atom is -0.481 e. The maximum absolute atomic E-state index is 12.5. The summed E-state index contributed by atoms with van der Waals surface area (Å²) >= 11 is 5.84. The number of hydrogen-bond acceptors (Lipinski definition) is 4. The summed E-state index contributed by atoms with van der Waals surface area (Å²) in [6.45, 7) is 3.61. The number of hydrogen-bond donors (Lipinski definition) is 0. The summed E-state index contributed by atoms with van der Waals surface area (Å²) in [5.74, 6) is 0.665. The fourth-order valence-electron chi connectivity index (χ4n) is 2.71. The van der Waals surface area contributed by atoms with Crippen molar-refractivity contribution in [1.29, 1.82) is 0 Å². The molecular formula is C18H19ClN2O4. The van der Waals surface area contributed by atoms with E-state index >= 15 is 0 Å². The van der Waals surface area contributed by atoms with E-state index < -0.39 is 6.10 Å². The molecule has 0 unspecified atom stereocenters. The second-order valence-corrected chi connectivity index (χ2v) is 6.25. The Morgan fingerprint density at radius 2 is 1.72 bits per heavy atom. The van der Waals surface area contributed by atoms with Crippen molar-refractivity contribution >= 4 is 23.4 Å². The highest BCUT2D eigenvalue weighted by atomic mass is 35.5. The number of halogens is 1. The van der Waals surface area contributed by atoms with Crippen LogP contribution in [0.25, 0.3) is 0 Å². The fourth-order valence-corrected chi connectivity index (χ4v) is 2.84. The minimum atomic E-state index is -0.603. The molecule has 1 atom stereocenters. The third kappa shape index (κ3) is 4.14. The average molecular weight is 363 g/mol. The Bertz CT molecular complexity index is 722. The van der Waals surface area contributed by atoms with Gasteiger partial charge >= 0.3 is 0 Å². The van der Waals surface area contributed by atoms with Crippen molar-refractivity contribution in [2.75, 3.05) is 26.2 Å². The molecule has 6 nitrogen and oxygen atoms in total. The third-order valence-electron chi connectivity index (χ3n) is 4.08. The highest BCUT2D eigenvalue weighted by Gasteiger charge is 2.29. The summed E-state index contributed by atoms with van der Waals surface area (Å²) < 4.78 is 10.8. The molecule has 2 aromatic rings. The van der Waals surface area contributed by atoms with Crippen LogP contribution in [-0.4, -0.2) is 53.9 Å². The molecule has 7 heteroatoms. The Morgan fingerprint density at radius 3 is 2.32 bits per heavy atom. The zero-order valence-electron chi connectivity index (χ0n) is 13.9. The smallest absolute Gasteiger partial charge is 0.289 e. The summed E-state index contributed by atoms with van der Waals surface area (Å²) in [5.41, 5.74) is 0. The quantitative estimate of drug-likeness (QED) is 0.839. The maximum atomic E-state index is 12.5. The van der Waals surface area contributed by atoms with Crippen molar-refractivity contribution in [3.63, 3.8) is 0 Å². The van der Waals surface area contributed by atoms with E-state index in [0.29, 0.717) is 42.7 Å². The molecule has 3 rings (SSSR count). The molecular weight excluding hydrogens is 344 g/mol.